The van der Waals surface area contributed by atoms with Gasteiger partial charge in [-0.1, -0.05) is 54.4 Å². The van der Waals surface area contributed by atoms with E-state index in [2.05, 4.69) is 0 Å². The number of ether oxygens (including phenoxy) is 1. The molecule has 3 atom stereocenters. The average molecular weight is 483 g/mol. The molecule has 32 heavy (non-hydrogen) atoms. The molecule has 8 heteroatoms. The predicted molar refractivity (Wildman–Crippen MR) is 117 cm³/mol. The first-order chi connectivity index (χ1) is 15.1. The van der Waals surface area contributed by atoms with Crippen LogP contribution in [0.1, 0.15) is 46.2 Å². The summed E-state index contributed by atoms with van der Waals surface area (Å²) in [7, 11) is 0. The second-order valence-corrected chi connectivity index (χ2v) is 8.18. The van der Waals surface area contributed by atoms with E-state index in [9.17, 15) is 23.1 Å². The molecule has 1 N–H and O–H groups in total. The third-order valence-electron chi connectivity index (χ3n) is 5.07. The first-order valence-corrected chi connectivity index (χ1v) is 10.4. The standard InChI is InChI=1S/C24H19Cl2F3O3/c1-14(21(30)15-2-8-18(9-3-15)24(27,28)29)22(16-4-10-19(25)11-5-16)32-23(31)17-6-12-20(26)13-7-17/h2-14,21-22,30H,1H3/t14-,21-,22?/m0/s1. The van der Waals surface area contributed by atoms with Gasteiger partial charge in [-0.25, -0.2) is 4.79 Å². The second kappa shape index (κ2) is 9.94. The smallest absolute Gasteiger partial charge is 0.416 e. The van der Waals surface area contributed by atoms with Crippen LogP contribution in [0.4, 0.5) is 13.2 Å². The average Bonchev–Trinajstić information content (AvgIpc) is 2.77. The van der Waals surface area contributed by atoms with E-state index in [0.29, 0.717) is 15.6 Å². The summed E-state index contributed by atoms with van der Waals surface area (Å²) in [6.07, 6.45) is -6.57. The van der Waals surface area contributed by atoms with Crippen LogP contribution in [0.5, 0.6) is 0 Å². The van der Waals surface area contributed by atoms with Crippen molar-refractivity contribution in [3.63, 3.8) is 0 Å². The molecule has 0 spiro atoms. The molecule has 0 amide bonds. The summed E-state index contributed by atoms with van der Waals surface area (Å²) in [6, 6.07) is 16.9. The van der Waals surface area contributed by atoms with Gasteiger partial charge in [-0.15, -0.1) is 0 Å². The van der Waals surface area contributed by atoms with Gasteiger partial charge in [-0.2, -0.15) is 13.2 Å². The maximum Gasteiger partial charge on any atom is 0.416 e. The van der Waals surface area contributed by atoms with Crippen molar-refractivity contribution in [3.8, 4) is 0 Å². The van der Waals surface area contributed by atoms with Gasteiger partial charge in [0.05, 0.1) is 17.2 Å². The fourth-order valence-electron chi connectivity index (χ4n) is 3.24. The molecule has 0 aliphatic carbocycles. The van der Waals surface area contributed by atoms with Crippen molar-refractivity contribution >= 4 is 29.2 Å². The molecule has 0 aliphatic heterocycles. The molecule has 3 rings (SSSR count). The summed E-state index contributed by atoms with van der Waals surface area (Å²) in [6.45, 7) is 1.65. The molecule has 3 aromatic carbocycles. The predicted octanol–water partition coefficient (Wildman–Crippen LogP) is 7.28. The molecule has 3 nitrogen and oxygen atoms in total. The van der Waals surface area contributed by atoms with Gasteiger partial charge in [0.2, 0.25) is 0 Å². The van der Waals surface area contributed by atoms with E-state index in [0.717, 1.165) is 12.1 Å². The lowest BCUT2D eigenvalue weighted by Crippen LogP contribution is -2.23. The minimum Gasteiger partial charge on any atom is -0.453 e. The molecule has 3 aromatic rings. The summed E-state index contributed by atoms with van der Waals surface area (Å²) in [5, 5.41) is 11.8. The van der Waals surface area contributed by atoms with E-state index in [1.54, 1.807) is 43.3 Å². The zero-order valence-electron chi connectivity index (χ0n) is 16.8. The molecule has 0 saturated carbocycles. The quantitative estimate of drug-likeness (QED) is 0.375. The Morgan fingerprint density at radius 2 is 1.31 bits per heavy atom. The highest BCUT2D eigenvalue weighted by Crippen LogP contribution is 2.37. The highest BCUT2D eigenvalue weighted by atomic mass is 35.5. The van der Waals surface area contributed by atoms with Crippen molar-refractivity contribution < 1.29 is 27.8 Å². The Bertz CT molecular complexity index is 1050. The number of esters is 1. The number of hydrogen-bond acceptors (Lipinski definition) is 3. The van der Waals surface area contributed by atoms with Crippen molar-refractivity contribution in [2.45, 2.75) is 25.3 Å². The van der Waals surface area contributed by atoms with Crippen LogP contribution in [0.15, 0.2) is 72.8 Å². The van der Waals surface area contributed by atoms with E-state index >= 15 is 0 Å². The van der Waals surface area contributed by atoms with Crippen LogP contribution in [0.3, 0.4) is 0 Å². The van der Waals surface area contributed by atoms with Crippen molar-refractivity contribution in [1.29, 1.82) is 0 Å². The fourth-order valence-corrected chi connectivity index (χ4v) is 3.49. The molecule has 168 valence electrons. The third-order valence-corrected chi connectivity index (χ3v) is 5.57. The Hall–Kier alpha value is -2.54. The van der Waals surface area contributed by atoms with Gasteiger partial charge in [-0.05, 0) is 59.7 Å². The van der Waals surface area contributed by atoms with Crippen LogP contribution in [0.25, 0.3) is 0 Å². The molecule has 0 fully saturated rings. The largest absolute Gasteiger partial charge is 0.453 e. The number of aliphatic hydroxyl groups excluding tert-OH is 1. The molecule has 1 unspecified atom stereocenters. The van der Waals surface area contributed by atoms with Crippen molar-refractivity contribution in [2.24, 2.45) is 5.92 Å². The van der Waals surface area contributed by atoms with Crippen LogP contribution in [0.2, 0.25) is 10.0 Å². The molecule has 0 bridgehead atoms. The van der Waals surface area contributed by atoms with Crippen LogP contribution < -0.4 is 0 Å². The van der Waals surface area contributed by atoms with Crippen LogP contribution in [-0.2, 0) is 10.9 Å². The Labute approximate surface area is 193 Å². The number of aliphatic hydroxyl groups is 1. The van der Waals surface area contributed by atoms with Crippen molar-refractivity contribution in [1.82, 2.24) is 0 Å². The zero-order valence-corrected chi connectivity index (χ0v) is 18.3. The topological polar surface area (TPSA) is 46.5 Å². The first kappa shape index (κ1) is 24.1. The van der Waals surface area contributed by atoms with Gasteiger partial charge in [-0.3, -0.25) is 0 Å². The van der Waals surface area contributed by atoms with Crippen LogP contribution in [-0.4, -0.2) is 11.1 Å². The number of benzene rings is 3. The van der Waals surface area contributed by atoms with Gasteiger partial charge >= 0.3 is 12.1 Å². The number of alkyl halides is 3. The molecule has 0 radical (unpaired) electrons. The highest BCUT2D eigenvalue weighted by Gasteiger charge is 2.33. The SMILES string of the molecule is C[C@H](C(OC(=O)c1ccc(Cl)cc1)c1ccc(Cl)cc1)[C@H](O)c1ccc(C(F)(F)F)cc1. The molecule has 0 heterocycles. The summed E-state index contributed by atoms with van der Waals surface area (Å²) in [5.74, 6) is -1.32. The maximum absolute atomic E-state index is 12.9. The van der Waals surface area contributed by atoms with Gasteiger partial charge in [0.15, 0.2) is 0 Å². The van der Waals surface area contributed by atoms with Gasteiger partial charge in [0.25, 0.3) is 0 Å². The lowest BCUT2D eigenvalue weighted by Gasteiger charge is -2.29. The third kappa shape index (κ3) is 5.82. The van der Waals surface area contributed by atoms with Crippen molar-refractivity contribution in [2.75, 3.05) is 0 Å². The molecular weight excluding hydrogens is 464 g/mol. The highest BCUT2D eigenvalue weighted by molar-refractivity contribution is 6.30. The van der Waals surface area contributed by atoms with Crippen molar-refractivity contribution in [3.05, 3.63) is 105 Å². The molecular formula is C24H19Cl2F3O3. The van der Waals surface area contributed by atoms with E-state index in [1.807, 2.05) is 0 Å². The number of carbonyl (C=O) groups is 1. The minimum absolute atomic E-state index is 0.268. The van der Waals surface area contributed by atoms with Gasteiger partial charge in [0, 0.05) is 16.0 Å². The Kier molecular flexibility index (Phi) is 7.49. The van der Waals surface area contributed by atoms with E-state index in [-0.39, 0.29) is 11.1 Å². The van der Waals surface area contributed by atoms with E-state index in [1.165, 1.54) is 24.3 Å². The molecule has 0 aromatic heterocycles. The summed E-state index contributed by atoms with van der Waals surface area (Å²) >= 11 is 11.8. The number of halogens is 5. The molecule has 0 saturated heterocycles. The Balaban J connectivity index is 1.88. The first-order valence-electron chi connectivity index (χ1n) is 9.63. The summed E-state index contributed by atoms with van der Waals surface area (Å²) < 4.78 is 44.3. The lowest BCUT2D eigenvalue weighted by molar-refractivity contribution is -0.137. The Morgan fingerprint density at radius 3 is 1.81 bits per heavy atom. The summed E-state index contributed by atoms with van der Waals surface area (Å²) in [4.78, 5) is 12.7. The zero-order chi connectivity index (χ0) is 23.5. The van der Waals surface area contributed by atoms with Gasteiger partial charge < -0.3 is 9.84 Å². The van der Waals surface area contributed by atoms with Crippen LogP contribution in [0, 0.1) is 5.92 Å². The lowest BCUT2D eigenvalue weighted by atomic mass is 9.88. The number of hydrogen-bond donors (Lipinski definition) is 1. The fraction of sp³-hybridized carbons (Fsp3) is 0.208. The molecule has 0 aliphatic rings. The normalized spacial score (nSPS) is 14.5. The number of rotatable bonds is 6. The second-order valence-electron chi connectivity index (χ2n) is 7.31. The number of carbonyl (C=O) groups excluding carboxylic acids is 1. The Morgan fingerprint density at radius 1 is 0.844 bits per heavy atom. The van der Waals surface area contributed by atoms with E-state index in [4.69, 9.17) is 27.9 Å². The summed E-state index contributed by atoms with van der Waals surface area (Å²) in [5.41, 5.74) is 0.302. The van der Waals surface area contributed by atoms with Gasteiger partial charge in [0.1, 0.15) is 6.10 Å². The maximum atomic E-state index is 12.9. The monoisotopic (exact) mass is 482 g/mol. The van der Waals surface area contributed by atoms with E-state index < -0.39 is 35.8 Å². The minimum atomic E-state index is -4.48. The van der Waals surface area contributed by atoms with Crippen LogP contribution >= 0.6 is 23.2 Å².